The Kier molecular flexibility index (Phi) is 78.3. The molecule has 0 bridgehead atoms. The quantitative estimate of drug-likeness (QED) is 0.0320. The molecule has 0 fully saturated rings. The van der Waals surface area contributed by atoms with Crippen LogP contribution in [0.2, 0.25) is 0 Å². The molecular formula is C85H161NO5. The van der Waals surface area contributed by atoms with Gasteiger partial charge < -0.3 is 20.3 Å². The van der Waals surface area contributed by atoms with Gasteiger partial charge in [0.15, 0.2) is 0 Å². The molecule has 0 heterocycles. The summed E-state index contributed by atoms with van der Waals surface area (Å²) in [4.78, 5) is 24.6. The minimum absolute atomic E-state index is 0.0154. The van der Waals surface area contributed by atoms with Gasteiger partial charge in [-0.1, -0.05) is 403 Å². The van der Waals surface area contributed by atoms with Gasteiger partial charge in [-0.15, -0.1) is 0 Å². The summed E-state index contributed by atoms with van der Waals surface area (Å²) >= 11 is 0. The third-order valence-corrected chi connectivity index (χ3v) is 19.3. The first-order chi connectivity index (χ1) is 45.0. The second-order valence-electron chi connectivity index (χ2n) is 28.4. The third kappa shape index (κ3) is 76.7. The highest BCUT2D eigenvalue weighted by Crippen LogP contribution is 2.20. The number of hydrogen-bond acceptors (Lipinski definition) is 5. The molecule has 536 valence electrons. The number of amides is 1. The molecule has 0 aromatic rings. The molecule has 2 atom stereocenters. The standard InChI is InChI=1S/C85H161NO5/c1-3-5-7-9-11-13-15-17-19-21-47-51-55-59-63-67-71-75-79-85(90)91-80-76-72-68-64-60-56-52-48-44-42-40-38-36-34-32-30-28-26-24-22-23-25-27-29-31-33-35-37-39-41-43-46-50-54-58-62-66-70-74-78-84(89)86-82(81-87)83(88)77-73-69-65-61-57-53-49-45-20-18-16-14-12-10-8-6-4-2/h13,15,19,21-23,73,77,82-83,87-88H,3-12,14,16-18,20,24-72,74-76,78-81H2,1-2H3,(H,86,89)/b15-13-,21-19-,23-22-,77-73+. The molecule has 0 aromatic carbocycles. The maximum atomic E-state index is 12.5. The Labute approximate surface area is 569 Å². The molecule has 0 saturated heterocycles. The largest absolute Gasteiger partial charge is 0.466 e. The van der Waals surface area contributed by atoms with E-state index < -0.39 is 12.1 Å². The number of nitrogens with one attached hydrogen (secondary N) is 1. The Morgan fingerprint density at radius 3 is 0.857 bits per heavy atom. The topological polar surface area (TPSA) is 95.9 Å². The van der Waals surface area contributed by atoms with Crippen molar-refractivity contribution in [2.45, 2.75) is 469 Å². The van der Waals surface area contributed by atoms with Gasteiger partial charge in [0.05, 0.1) is 25.4 Å². The van der Waals surface area contributed by atoms with Crippen LogP contribution in [0, 0.1) is 0 Å². The van der Waals surface area contributed by atoms with E-state index in [1.165, 1.54) is 379 Å². The smallest absolute Gasteiger partial charge is 0.305 e. The van der Waals surface area contributed by atoms with Gasteiger partial charge in [0.2, 0.25) is 5.91 Å². The van der Waals surface area contributed by atoms with Crippen molar-refractivity contribution in [3.05, 3.63) is 48.6 Å². The normalized spacial score (nSPS) is 12.7. The number of carbonyl (C=O) groups is 2. The van der Waals surface area contributed by atoms with Gasteiger partial charge >= 0.3 is 5.97 Å². The van der Waals surface area contributed by atoms with Crippen LogP contribution in [0.1, 0.15) is 457 Å². The molecule has 6 nitrogen and oxygen atoms in total. The number of carbonyl (C=O) groups excluding carboxylic acids is 2. The molecule has 6 heteroatoms. The summed E-state index contributed by atoms with van der Waals surface area (Å²) in [5, 5.41) is 23.2. The minimum Gasteiger partial charge on any atom is -0.466 e. The van der Waals surface area contributed by atoms with E-state index in [1.807, 2.05) is 6.08 Å². The number of rotatable bonds is 78. The molecule has 0 aromatic heterocycles. The maximum Gasteiger partial charge on any atom is 0.305 e. The van der Waals surface area contributed by atoms with Gasteiger partial charge in [-0.25, -0.2) is 0 Å². The fourth-order valence-electron chi connectivity index (χ4n) is 13.0. The lowest BCUT2D eigenvalue weighted by Gasteiger charge is -2.20. The summed E-state index contributed by atoms with van der Waals surface area (Å²) in [5.74, 6) is -0.0448. The van der Waals surface area contributed by atoms with Crippen molar-refractivity contribution in [3.8, 4) is 0 Å². The fourth-order valence-corrected chi connectivity index (χ4v) is 13.0. The molecule has 0 aliphatic carbocycles. The Morgan fingerprint density at radius 2 is 0.549 bits per heavy atom. The highest BCUT2D eigenvalue weighted by atomic mass is 16.5. The van der Waals surface area contributed by atoms with Gasteiger partial charge in [-0.3, -0.25) is 9.59 Å². The van der Waals surface area contributed by atoms with Crippen molar-refractivity contribution in [3.63, 3.8) is 0 Å². The Bertz CT molecular complexity index is 1520. The molecule has 2 unspecified atom stereocenters. The van der Waals surface area contributed by atoms with Crippen molar-refractivity contribution in [1.82, 2.24) is 5.32 Å². The first kappa shape index (κ1) is 88.8. The van der Waals surface area contributed by atoms with E-state index >= 15 is 0 Å². The van der Waals surface area contributed by atoms with E-state index in [9.17, 15) is 19.8 Å². The first-order valence-corrected chi connectivity index (χ1v) is 41.4. The molecule has 0 spiro atoms. The van der Waals surface area contributed by atoms with Gasteiger partial charge in [0, 0.05) is 12.8 Å². The number of aliphatic hydroxyl groups excluding tert-OH is 2. The lowest BCUT2D eigenvalue weighted by molar-refractivity contribution is -0.143. The van der Waals surface area contributed by atoms with E-state index in [0.29, 0.717) is 19.4 Å². The Balaban J connectivity index is 3.33. The summed E-state index contributed by atoms with van der Waals surface area (Å²) in [6, 6.07) is -0.625. The van der Waals surface area contributed by atoms with Crippen LogP contribution in [-0.2, 0) is 14.3 Å². The Morgan fingerprint density at radius 1 is 0.308 bits per heavy atom. The van der Waals surface area contributed by atoms with Crippen molar-refractivity contribution in [2.24, 2.45) is 0 Å². The molecule has 0 aliphatic rings. The molecule has 91 heavy (non-hydrogen) atoms. The van der Waals surface area contributed by atoms with Crippen molar-refractivity contribution >= 4 is 11.9 Å². The highest BCUT2D eigenvalue weighted by molar-refractivity contribution is 5.76. The summed E-state index contributed by atoms with van der Waals surface area (Å²) < 4.78 is 5.51. The van der Waals surface area contributed by atoms with E-state index in [-0.39, 0.29) is 18.5 Å². The van der Waals surface area contributed by atoms with Gasteiger partial charge in [0.1, 0.15) is 0 Å². The van der Waals surface area contributed by atoms with Crippen LogP contribution in [0.25, 0.3) is 0 Å². The SMILES string of the molecule is CCCCCC/C=C\C/C=C\CCCCCCCCCC(=O)OCCCCCCCCCCCCCCCCCCCC/C=C\CCCCCCCCCCCCCCCCCCCC(=O)NC(CO)C(O)/C=C/CCCCCCCCCCCCCCCCC. The average Bonchev–Trinajstić information content (AvgIpc) is 3.73. The van der Waals surface area contributed by atoms with Gasteiger partial charge in [0.25, 0.3) is 0 Å². The predicted octanol–water partition coefficient (Wildman–Crippen LogP) is 27.5. The van der Waals surface area contributed by atoms with Crippen LogP contribution >= 0.6 is 0 Å². The first-order valence-electron chi connectivity index (χ1n) is 41.4. The van der Waals surface area contributed by atoms with Gasteiger partial charge in [-0.2, -0.15) is 0 Å². The molecule has 0 rings (SSSR count). The summed E-state index contributed by atoms with van der Waals surface area (Å²) in [5.41, 5.74) is 0. The molecule has 3 N–H and O–H groups in total. The third-order valence-electron chi connectivity index (χ3n) is 19.3. The number of esters is 1. The molecule has 0 saturated carbocycles. The summed E-state index contributed by atoms with van der Waals surface area (Å²) in [7, 11) is 0. The van der Waals surface area contributed by atoms with Crippen LogP contribution in [0.15, 0.2) is 48.6 Å². The van der Waals surface area contributed by atoms with E-state index in [1.54, 1.807) is 6.08 Å². The predicted molar refractivity (Wildman–Crippen MR) is 402 cm³/mol. The van der Waals surface area contributed by atoms with Crippen LogP contribution in [0.3, 0.4) is 0 Å². The molecule has 1 amide bonds. The molecule has 0 aliphatic heterocycles. The zero-order valence-corrected chi connectivity index (χ0v) is 61.6. The lowest BCUT2D eigenvalue weighted by Crippen LogP contribution is -2.45. The number of unbranched alkanes of at least 4 members (excludes halogenated alkanes) is 61. The molecule has 0 radical (unpaired) electrons. The van der Waals surface area contributed by atoms with E-state index in [0.717, 1.165) is 51.4 Å². The van der Waals surface area contributed by atoms with Crippen LogP contribution in [-0.4, -0.2) is 47.4 Å². The highest BCUT2D eigenvalue weighted by Gasteiger charge is 2.18. The van der Waals surface area contributed by atoms with Crippen molar-refractivity contribution < 1.29 is 24.5 Å². The van der Waals surface area contributed by atoms with Crippen LogP contribution in [0.4, 0.5) is 0 Å². The second kappa shape index (κ2) is 80.3. The summed E-state index contributed by atoms with van der Waals surface area (Å²) in [6.45, 7) is 4.93. The lowest BCUT2D eigenvalue weighted by atomic mass is 10.0. The number of hydrogen-bond donors (Lipinski definition) is 3. The monoisotopic (exact) mass is 1280 g/mol. The van der Waals surface area contributed by atoms with E-state index in [2.05, 4.69) is 55.6 Å². The van der Waals surface area contributed by atoms with Crippen LogP contribution < -0.4 is 5.32 Å². The molecular weight excluding hydrogens is 1110 g/mol. The summed E-state index contributed by atoms with van der Waals surface area (Å²) in [6.07, 6.45) is 107. The Hall–Kier alpha value is -2.18. The zero-order chi connectivity index (χ0) is 65.6. The number of ether oxygens (including phenoxy) is 1. The second-order valence-corrected chi connectivity index (χ2v) is 28.4. The fraction of sp³-hybridized carbons (Fsp3) is 0.882. The minimum atomic E-state index is -0.842. The van der Waals surface area contributed by atoms with Gasteiger partial charge in [-0.05, 0) is 89.9 Å². The van der Waals surface area contributed by atoms with Crippen LogP contribution in [0.5, 0.6) is 0 Å². The number of allylic oxidation sites excluding steroid dienone is 7. The van der Waals surface area contributed by atoms with Crippen molar-refractivity contribution in [2.75, 3.05) is 13.2 Å². The average molecular weight is 1280 g/mol. The maximum absolute atomic E-state index is 12.5. The van der Waals surface area contributed by atoms with Crippen molar-refractivity contribution in [1.29, 1.82) is 0 Å². The van der Waals surface area contributed by atoms with E-state index in [4.69, 9.17) is 4.74 Å². The number of aliphatic hydroxyl groups is 2. The zero-order valence-electron chi connectivity index (χ0n) is 61.6.